The quantitative estimate of drug-likeness (QED) is 0.562. The van der Waals surface area contributed by atoms with E-state index < -0.39 is 0 Å². The highest BCUT2D eigenvalue weighted by Gasteiger charge is 2.44. The third kappa shape index (κ3) is 4.57. The molecule has 3 unspecified atom stereocenters. The highest BCUT2D eigenvalue weighted by atomic mass is 35.5. The Morgan fingerprint density at radius 2 is 1.91 bits per heavy atom. The van der Waals surface area contributed by atoms with E-state index in [1.54, 1.807) is 24.3 Å². The lowest BCUT2D eigenvalue weighted by molar-refractivity contribution is -0.113. The Morgan fingerprint density at radius 1 is 1.15 bits per heavy atom. The molecule has 8 nitrogen and oxygen atoms in total. The van der Waals surface area contributed by atoms with Crippen molar-refractivity contribution in [3.63, 3.8) is 0 Å². The third-order valence-corrected chi connectivity index (χ3v) is 7.10. The number of benzene rings is 2. The van der Waals surface area contributed by atoms with E-state index in [1.165, 1.54) is 24.2 Å². The maximum absolute atomic E-state index is 12.4. The van der Waals surface area contributed by atoms with Crippen LogP contribution in [0.15, 0.2) is 66.0 Å². The zero-order valence-electron chi connectivity index (χ0n) is 17.9. The van der Waals surface area contributed by atoms with E-state index in [4.69, 9.17) is 11.6 Å². The zero-order valence-corrected chi connectivity index (χ0v) is 19.4. The van der Waals surface area contributed by atoms with Gasteiger partial charge in [0.05, 0.1) is 17.8 Å². The lowest BCUT2D eigenvalue weighted by Crippen LogP contribution is -2.54. The van der Waals surface area contributed by atoms with Crippen LogP contribution in [0.5, 0.6) is 0 Å². The maximum atomic E-state index is 12.4. The van der Waals surface area contributed by atoms with Crippen molar-refractivity contribution >= 4 is 45.9 Å². The lowest BCUT2D eigenvalue weighted by atomic mass is 10.00. The summed E-state index contributed by atoms with van der Waals surface area (Å²) in [6.45, 7) is 1.52. The van der Waals surface area contributed by atoms with Crippen LogP contribution in [-0.4, -0.2) is 44.7 Å². The molecule has 5 rings (SSSR count). The number of hydrogen-bond acceptors (Lipinski definition) is 8. The summed E-state index contributed by atoms with van der Waals surface area (Å²) in [4.78, 5) is 25.9. The van der Waals surface area contributed by atoms with Gasteiger partial charge < -0.3 is 15.2 Å². The molecule has 2 aromatic rings. The van der Waals surface area contributed by atoms with Crippen LogP contribution < -0.4 is 16.2 Å². The fourth-order valence-electron chi connectivity index (χ4n) is 4.18. The average Bonchev–Trinajstić information content (AvgIpc) is 3.42. The second kappa shape index (κ2) is 9.09. The fraction of sp³-hybridized carbons (Fsp3) is 0.261. The molecule has 33 heavy (non-hydrogen) atoms. The number of hydrazone groups is 1. The Labute approximate surface area is 201 Å². The second-order valence-corrected chi connectivity index (χ2v) is 9.47. The topological polar surface area (TPSA) is 89.1 Å². The molecule has 1 fully saturated rings. The molecular weight excluding hydrogens is 460 g/mol. The minimum Gasteiger partial charge on any atom is -0.325 e. The predicted molar refractivity (Wildman–Crippen MR) is 130 cm³/mol. The molecule has 1 saturated heterocycles. The number of hydrogen-bond donors (Lipinski definition) is 3. The summed E-state index contributed by atoms with van der Waals surface area (Å²) >= 11 is 7.41. The van der Waals surface area contributed by atoms with Crippen LogP contribution in [0.4, 0.5) is 5.69 Å². The van der Waals surface area contributed by atoms with E-state index in [2.05, 4.69) is 31.2 Å². The van der Waals surface area contributed by atoms with Gasteiger partial charge >= 0.3 is 0 Å². The number of Topliss-reactive ketones (excluding diaryl/α,β-unsaturated/α-hetero) is 1. The van der Waals surface area contributed by atoms with E-state index >= 15 is 0 Å². The number of fused-ring (bicyclic) bond motifs is 3. The van der Waals surface area contributed by atoms with E-state index in [1.807, 2.05) is 36.7 Å². The molecule has 0 bridgehead atoms. The standard InChI is InChI=1S/C23H23ClN6O2S/c1-14(31)15-4-8-18(9-5-15)25-21(32)13-33-23-27-26-22-20-12-19(16-2-6-17(24)7-3-16)28-30(20)11-10-29(22)23/h2-11,19-20,22,26,28H,12-13H2,1H3,(H,25,32). The number of hydrazine groups is 1. The molecule has 3 N–H and O–H groups in total. The first-order valence-corrected chi connectivity index (χ1v) is 12.0. The molecule has 3 aliphatic rings. The molecule has 0 aliphatic carbocycles. The molecular formula is C23H23ClN6O2S. The normalized spacial score (nSPS) is 23.0. The Kier molecular flexibility index (Phi) is 6.01. The number of thioether (sulfide) groups is 1. The molecule has 1 amide bonds. The Morgan fingerprint density at radius 3 is 2.64 bits per heavy atom. The van der Waals surface area contributed by atoms with Crippen LogP contribution in [0.25, 0.3) is 0 Å². The van der Waals surface area contributed by atoms with Gasteiger partial charge in [0, 0.05) is 28.7 Å². The van der Waals surface area contributed by atoms with Gasteiger partial charge in [-0.3, -0.25) is 15.0 Å². The summed E-state index contributed by atoms with van der Waals surface area (Å²) in [6, 6.07) is 15.2. The number of ketones is 1. The first-order chi connectivity index (χ1) is 16.0. The van der Waals surface area contributed by atoms with Crippen molar-refractivity contribution in [2.24, 2.45) is 5.10 Å². The molecule has 10 heteroatoms. The van der Waals surface area contributed by atoms with Gasteiger partial charge in [-0.15, -0.1) is 0 Å². The minimum atomic E-state index is -0.130. The second-order valence-electron chi connectivity index (χ2n) is 8.09. The highest BCUT2D eigenvalue weighted by molar-refractivity contribution is 8.14. The molecule has 0 spiro atoms. The first kappa shape index (κ1) is 21.8. The number of nitrogens with one attached hydrogen (secondary N) is 3. The molecule has 3 atom stereocenters. The SMILES string of the molecule is CC(=O)c1ccc(NC(=O)CSC2=NNC3C4CC(c5ccc(Cl)cc5)NN4C=CN23)cc1. The number of anilines is 1. The van der Waals surface area contributed by atoms with Gasteiger partial charge in [0.1, 0.15) is 6.17 Å². The van der Waals surface area contributed by atoms with E-state index in [0.717, 1.165) is 16.6 Å². The van der Waals surface area contributed by atoms with Gasteiger partial charge in [-0.2, -0.15) is 5.10 Å². The number of carbonyl (C=O) groups is 2. The van der Waals surface area contributed by atoms with Gasteiger partial charge in [-0.05, 0) is 55.3 Å². The largest absolute Gasteiger partial charge is 0.325 e. The molecule has 2 aromatic carbocycles. The number of halogens is 1. The Balaban J connectivity index is 1.16. The van der Waals surface area contributed by atoms with Gasteiger partial charge in [-0.1, -0.05) is 35.5 Å². The monoisotopic (exact) mass is 482 g/mol. The third-order valence-electron chi connectivity index (χ3n) is 5.88. The Bertz CT molecular complexity index is 1120. The van der Waals surface area contributed by atoms with Gasteiger partial charge in [0.2, 0.25) is 5.91 Å². The summed E-state index contributed by atoms with van der Waals surface area (Å²) in [5.74, 6) is 0.0935. The molecule has 0 saturated carbocycles. The lowest BCUT2D eigenvalue weighted by Gasteiger charge is -2.36. The number of amides is 1. The van der Waals surface area contributed by atoms with Crippen molar-refractivity contribution < 1.29 is 9.59 Å². The van der Waals surface area contributed by atoms with Gasteiger partial charge in [-0.25, -0.2) is 5.43 Å². The molecule has 170 valence electrons. The first-order valence-electron chi connectivity index (χ1n) is 10.6. The van der Waals surface area contributed by atoms with Crippen LogP contribution in [0.2, 0.25) is 5.02 Å². The van der Waals surface area contributed by atoms with Crippen LogP contribution in [0, 0.1) is 0 Å². The van der Waals surface area contributed by atoms with Crippen molar-refractivity contribution in [2.45, 2.75) is 31.6 Å². The summed E-state index contributed by atoms with van der Waals surface area (Å²) in [5, 5.41) is 10.9. The average molecular weight is 483 g/mol. The van der Waals surface area contributed by atoms with Crippen molar-refractivity contribution in [1.29, 1.82) is 0 Å². The molecule has 0 aromatic heterocycles. The summed E-state index contributed by atoms with van der Waals surface area (Å²) < 4.78 is 0. The number of carbonyl (C=O) groups excluding carboxylic acids is 2. The highest BCUT2D eigenvalue weighted by Crippen LogP contribution is 2.35. The molecule has 3 heterocycles. The van der Waals surface area contributed by atoms with Crippen molar-refractivity contribution in [3.8, 4) is 0 Å². The number of amidine groups is 1. The molecule has 3 aliphatic heterocycles. The Hall–Kier alpha value is -3.01. The van der Waals surface area contributed by atoms with Crippen molar-refractivity contribution in [2.75, 3.05) is 11.1 Å². The van der Waals surface area contributed by atoms with Crippen LogP contribution in [0.3, 0.4) is 0 Å². The van der Waals surface area contributed by atoms with Crippen molar-refractivity contribution in [3.05, 3.63) is 77.1 Å². The fourth-order valence-corrected chi connectivity index (χ4v) is 5.08. The van der Waals surface area contributed by atoms with Crippen molar-refractivity contribution in [1.82, 2.24) is 20.8 Å². The number of nitrogens with zero attached hydrogens (tertiary/aromatic N) is 3. The minimum absolute atomic E-state index is 0.00478. The predicted octanol–water partition coefficient (Wildman–Crippen LogP) is 3.52. The van der Waals surface area contributed by atoms with E-state index in [0.29, 0.717) is 11.3 Å². The van der Waals surface area contributed by atoms with Gasteiger partial charge in [0.15, 0.2) is 11.0 Å². The van der Waals surface area contributed by atoms with Crippen LogP contribution in [0.1, 0.15) is 35.3 Å². The summed E-state index contributed by atoms with van der Waals surface area (Å²) in [5.41, 5.74) is 9.23. The number of rotatable bonds is 5. The maximum Gasteiger partial charge on any atom is 0.234 e. The summed E-state index contributed by atoms with van der Waals surface area (Å²) in [6.07, 6.45) is 4.88. The smallest absolute Gasteiger partial charge is 0.234 e. The zero-order chi connectivity index (χ0) is 22.9. The van der Waals surface area contributed by atoms with E-state index in [-0.39, 0.29) is 35.7 Å². The van der Waals surface area contributed by atoms with Crippen LogP contribution >= 0.6 is 23.4 Å². The summed E-state index contributed by atoms with van der Waals surface area (Å²) in [7, 11) is 0. The van der Waals surface area contributed by atoms with E-state index in [9.17, 15) is 9.59 Å². The van der Waals surface area contributed by atoms with Gasteiger partial charge in [0.25, 0.3) is 0 Å². The van der Waals surface area contributed by atoms with Crippen LogP contribution in [-0.2, 0) is 4.79 Å². The molecule has 0 radical (unpaired) electrons.